The van der Waals surface area contributed by atoms with Gasteiger partial charge in [-0.3, -0.25) is 4.79 Å². The monoisotopic (exact) mass is 282 g/mol. The van der Waals surface area contributed by atoms with Crippen LogP contribution in [0.5, 0.6) is 0 Å². The van der Waals surface area contributed by atoms with E-state index in [1.807, 2.05) is 30.3 Å². The highest BCUT2D eigenvalue weighted by molar-refractivity contribution is 5.93. The number of hydrogen-bond donors (Lipinski definition) is 2. The molecule has 0 saturated heterocycles. The third-order valence-corrected chi connectivity index (χ3v) is 3.40. The van der Waals surface area contributed by atoms with E-state index in [9.17, 15) is 4.79 Å². The summed E-state index contributed by atoms with van der Waals surface area (Å²) in [6.07, 6.45) is 1.02. The van der Waals surface area contributed by atoms with E-state index in [1.165, 1.54) is 5.56 Å². The van der Waals surface area contributed by atoms with E-state index in [2.05, 4.69) is 31.3 Å². The van der Waals surface area contributed by atoms with Crippen LogP contribution in [0.25, 0.3) is 0 Å². The number of carbonyl (C=O) groups is 1. The molecule has 3 nitrogen and oxygen atoms in total. The number of carbonyl (C=O) groups excluding carboxylic acids is 1. The molecule has 3 heteroatoms. The Labute approximate surface area is 126 Å². The smallest absolute Gasteiger partial charge is 0.248 e. The lowest BCUT2D eigenvalue weighted by molar-refractivity contribution is 0.100. The van der Waals surface area contributed by atoms with E-state index in [0.717, 1.165) is 12.1 Å². The van der Waals surface area contributed by atoms with Crippen molar-refractivity contribution in [2.45, 2.75) is 26.3 Å². The first-order valence-corrected chi connectivity index (χ1v) is 7.27. The van der Waals surface area contributed by atoms with Gasteiger partial charge in [-0.15, -0.1) is 0 Å². The SMILES string of the molecule is CC(C)CC(Nc1cccc(C(N)=O)c1)c1ccccc1. The molecular formula is C18H22N2O. The van der Waals surface area contributed by atoms with Gasteiger partial charge in [0.15, 0.2) is 0 Å². The van der Waals surface area contributed by atoms with E-state index < -0.39 is 5.91 Å². The number of nitrogens with one attached hydrogen (secondary N) is 1. The van der Waals surface area contributed by atoms with E-state index in [-0.39, 0.29) is 6.04 Å². The predicted molar refractivity (Wildman–Crippen MR) is 87.2 cm³/mol. The fraction of sp³-hybridized carbons (Fsp3) is 0.278. The Morgan fingerprint density at radius 2 is 1.81 bits per heavy atom. The van der Waals surface area contributed by atoms with Gasteiger partial charge in [0, 0.05) is 11.3 Å². The summed E-state index contributed by atoms with van der Waals surface area (Å²) in [6, 6.07) is 17.9. The maximum atomic E-state index is 11.3. The average molecular weight is 282 g/mol. The second-order valence-corrected chi connectivity index (χ2v) is 5.68. The van der Waals surface area contributed by atoms with Gasteiger partial charge in [-0.2, -0.15) is 0 Å². The Hall–Kier alpha value is -2.29. The maximum Gasteiger partial charge on any atom is 0.248 e. The number of anilines is 1. The molecule has 0 aliphatic heterocycles. The molecular weight excluding hydrogens is 260 g/mol. The Bertz CT molecular complexity index is 593. The highest BCUT2D eigenvalue weighted by atomic mass is 16.1. The summed E-state index contributed by atoms with van der Waals surface area (Å²) in [5.74, 6) is 0.167. The van der Waals surface area contributed by atoms with E-state index in [1.54, 1.807) is 12.1 Å². The van der Waals surface area contributed by atoms with Crippen LogP contribution in [0.15, 0.2) is 54.6 Å². The number of benzene rings is 2. The van der Waals surface area contributed by atoms with Crippen LogP contribution in [-0.4, -0.2) is 5.91 Å². The van der Waals surface area contributed by atoms with Gasteiger partial charge < -0.3 is 11.1 Å². The van der Waals surface area contributed by atoms with Crippen LogP contribution in [0.4, 0.5) is 5.69 Å². The molecule has 0 spiro atoms. The number of amides is 1. The fourth-order valence-corrected chi connectivity index (χ4v) is 2.40. The minimum atomic E-state index is -0.404. The van der Waals surface area contributed by atoms with Crippen molar-refractivity contribution in [3.8, 4) is 0 Å². The Kier molecular flexibility index (Phi) is 4.99. The molecule has 1 atom stereocenters. The number of rotatable bonds is 6. The van der Waals surface area contributed by atoms with Crippen molar-refractivity contribution in [2.24, 2.45) is 11.7 Å². The summed E-state index contributed by atoms with van der Waals surface area (Å²) >= 11 is 0. The minimum Gasteiger partial charge on any atom is -0.378 e. The number of primary amides is 1. The molecule has 2 aromatic rings. The zero-order valence-electron chi connectivity index (χ0n) is 12.5. The van der Waals surface area contributed by atoms with Gasteiger partial charge in [0.05, 0.1) is 6.04 Å². The van der Waals surface area contributed by atoms with E-state index >= 15 is 0 Å². The second kappa shape index (κ2) is 6.93. The van der Waals surface area contributed by atoms with Crippen LogP contribution in [0.2, 0.25) is 0 Å². The summed E-state index contributed by atoms with van der Waals surface area (Å²) < 4.78 is 0. The van der Waals surface area contributed by atoms with Gasteiger partial charge in [-0.1, -0.05) is 50.2 Å². The zero-order chi connectivity index (χ0) is 15.2. The predicted octanol–water partition coefficient (Wildman–Crippen LogP) is 3.98. The first-order valence-electron chi connectivity index (χ1n) is 7.27. The Morgan fingerprint density at radius 3 is 2.43 bits per heavy atom. The Balaban J connectivity index is 2.23. The van der Waals surface area contributed by atoms with Gasteiger partial charge in [0.25, 0.3) is 0 Å². The van der Waals surface area contributed by atoms with Gasteiger partial charge in [-0.25, -0.2) is 0 Å². The lowest BCUT2D eigenvalue weighted by Gasteiger charge is -2.22. The summed E-state index contributed by atoms with van der Waals surface area (Å²) in [6.45, 7) is 4.41. The molecule has 0 saturated carbocycles. The van der Waals surface area contributed by atoms with Crippen molar-refractivity contribution in [3.63, 3.8) is 0 Å². The lowest BCUT2D eigenvalue weighted by atomic mass is 9.96. The summed E-state index contributed by atoms with van der Waals surface area (Å²) in [4.78, 5) is 11.3. The highest BCUT2D eigenvalue weighted by Gasteiger charge is 2.13. The molecule has 1 amide bonds. The highest BCUT2D eigenvalue weighted by Crippen LogP contribution is 2.26. The van der Waals surface area contributed by atoms with Crippen molar-refractivity contribution in [2.75, 3.05) is 5.32 Å². The lowest BCUT2D eigenvalue weighted by Crippen LogP contribution is -2.15. The molecule has 2 aromatic carbocycles. The molecule has 0 radical (unpaired) electrons. The third kappa shape index (κ3) is 4.35. The molecule has 1 unspecified atom stereocenters. The number of nitrogens with two attached hydrogens (primary N) is 1. The first-order chi connectivity index (χ1) is 10.1. The molecule has 0 aliphatic carbocycles. The first kappa shape index (κ1) is 15.1. The van der Waals surface area contributed by atoms with E-state index in [0.29, 0.717) is 11.5 Å². The van der Waals surface area contributed by atoms with Gasteiger partial charge in [0.1, 0.15) is 0 Å². The topological polar surface area (TPSA) is 55.1 Å². The summed E-state index contributed by atoms with van der Waals surface area (Å²) in [5.41, 5.74) is 8.03. The molecule has 0 aliphatic rings. The molecule has 0 fully saturated rings. The standard InChI is InChI=1S/C18H22N2O/c1-13(2)11-17(14-7-4-3-5-8-14)20-16-10-6-9-15(12-16)18(19)21/h3-10,12-13,17,20H,11H2,1-2H3,(H2,19,21). The molecule has 21 heavy (non-hydrogen) atoms. The summed E-state index contributed by atoms with van der Waals surface area (Å²) in [7, 11) is 0. The van der Waals surface area contributed by atoms with Gasteiger partial charge >= 0.3 is 0 Å². The molecule has 110 valence electrons. The van der Waals surface area contributed by atoms with Crippen molar-refractivity contribution in [3.05, 3.63) is 65.7 Å². The van der Waals surface area contributed by atoms with Crippen LogP contribution in [0, 0.1) is 5.92 Å². The van der Waals surface area contributed by atoms with Crippen LogP contribution in [0.1, 0.15) is 42.2 Å². The molecule has 0 aromatic heterocycles. The van der Waals surface area contributed by atoms with E-state index in [4.69, 9.17) is 5.73 Å². The van der Waals surface area contributed by atoms with Crippen LogP contribution < -0.4 is 11.1 Å². The fourth-order valence-electron chi connectivity index (χ4n) is 2.40. The Morgan fingerprint density at radius 1 is 1.10 bits per heavy atom. The van der Waals surface area contributed by atoms with Crippen molar-refractivity contribution in [1.29, 1.82) is 0 Å². The van der Waals surface area contributed by atoms with Crippen molar-refractivity contribution in [1.82, 2.24) is 0 Å². The normalized spacial score (nSPS) is 12.1. The molecule has 3 N–H and O–H groups in total. The van der Waals surface area contributed by atoms with Crippen molar-refractivity contribution < 1.29 is 4.79 Å². The molecule has 2 rings (SSSR count). The van der Waals surface area contributed by atoms with Crippen molar-refractivity contribution >= 4 is 11.6 Å². The second-order valence-electron chi connectivity index (χ2n) is 5.68. The van der Waals surface area contributed by atoms with Gasteiger partial charge in [-0.05, 0) is 36.1 Å². The molecule has 0 bridgehead atoms. The zero-order valence-corrected chi connectivity index (χ0v) is 12.5. The van der Waals surface area contributed by atoms with Crippen LogP contribution in [-0.2, 0) is 0 Å². The van der Waals surface area contributed by atoms with Crippen LogP contribution in [0.3, 0.4) is 0 Å². The number of hydrogen-bond acceptors (Lipinski definition) is 2. The van der Waals surface area contributed by atoms with Gasteiger partial charge in [0.2, 0.25) is 5.91 Å². The molecule has 0 heterocycles. The summed E-state index contributed by atoms with van der Waals surface area (Å²) in [5, 5.41) is 3.51. The average Bonchev–Trinajstić information content (AvgIpc) is 2.47. The maximum absolute atomic E-state index is 11.3. The largest absolute Gasteiger partial charge is 0.378 e. The third-order valence-electron chi connectivity index (χ3n) is 3.40. The van der Waals surface area contributed by atoms with Crippen LogP contribution >= 0.6 is 0 Å². The quantitative estimate of drug-likeness (QED) is 0.841. The minimum absolute atomic E-state index is 0.217.